The molecule has 116 valence electrons. The summed E-state index contributed by atoms with van der Waals surface area (Å²) in [6, 6.07) is 6.07. The molecular formula is C12H13FN4O4P+. The van der Waals surface area contributed by atoms with Gasteiger partial charge < -0.3 is 10.2 Å². The molecular weight excluding hydrogens is 314 g/mol. The van der Waals surface area contributed by atoms with E-state index in [1.807, 2.05) is 6.07 Å². The lowest BCUT2D eigenvalue weighted by Gasteiger charge is -2.07. The number of hydrogen-bond donors (Lipinski definition) is 2. The number of nitrogens with zero attached hydrogens (tertiary/aromatic N) is 3. The van der Waals surface area contributed by atoms with Crippen LogP contribution in [0.15, 0.2) is 23.2 Å². The second-order valence-electron chi connectivity index (χ2n) is 4.20. The summed E-state index contributed by atoms with van der Waals surface area (Å²) < 4.78 is 27.2. The monoisotopic (exact) mass is 327 g/mol. The molecule has 2 N–H and O–H groups in total. The normalized spacial score (nSPS) is 12.6. The quantitative estimate of drug-likeness (QED) is 0.467. The van der Waals surface area contributed by atoms with Gasteiger partial charge in [0.25, 0.3) is 5.91 Å². The Balaban J connectivity index is 2.88. The van der Waals surface area contributed by atoms with Gasteiger partial charge in [-0.2, -0.15) is 9.65 Å². The van der Waals surface area contributed by atoms with Crippen molar-refractivity contribution in [2.45, 2.75) is 6.36 Å². The minimum absolute atomic E-state index is 0.129. The van der Waals surface area contributed by atoms with Gasteiger partial charge >= 0.3 is 14.6 Å². The number of nitrogens with one attached hydrogen (secondary N) is 1. The van der Waals surface area contributed by atoms with Crippen molar-refractivity contribution in [1.29, 1.82) is 5.26 Å². The van der Waals surface area contributed by atoms with Crippen molar-refractivity contribution < 1.29 is 23.2 Å². The minimum atomic E-state index is -3.23. The average Bonchev–Trinajstić information content (AvgIpc) is 2.44. The van der Waals surface area contributed by atoms with Crippen molar-refractivity contribution in [2.75, 3.05) is 19.4 Å². The molecule has 0 aromatic heterocycles. The Labute approximate surface area is 126 Å². The van der Waals surface area contributed by atoms with E-state index in [1.54, 1.807) is 19.0 Å². The SMILES string of the molecule is CN(C)C=Nc1ccc(NC(=O)C(F)O[P+](=O)O)cc1C#N. The molecule has 0 radical (unpaired) electrons. The van der Waals surface area contributed by atoms with Crippen LogP contribution in [0, 0.1) is 11.3 Å². The molecule has 0 aliphatic rings. The maximum atomic E-state index is 13.1. The molecule has 0 heterocycles. The summed E-state index contributed by atoms with van der Waals surface area (Å²) in [5.74, 6) is -1.26. The lowest BCUT2D eigenvalue weighted by Crippen LogP contribution is -2.24. The van der Waals surface area contributed by atoms with E-state index < -0.39 is 20.5 Å². The van der Waals surface area contributed by atoms with Crippen LogP contribution >= 0.6 is 8.25 Å². The molecule has 22 heavy (non-hydrogen) atoms. The Kier molecular flexibility index (Phi) is 6.53. The van der Waals surface area contributed by atoms with Crippen molar-refractivity contribution in [1.82, 2.24) is 4.90 Å². The highest BCUT2D eigenvalue weighted by Crippen LogP contribution is 2.24. The molecule has 1 aromatic rings. The van der Waals surface area contributed by atoms with Crippen LogP contribution in [0.25, 0.3) is 0 Å². The van der Waals surface area contributed by atoms with Gasteiger partial charge in [0.15, 0.2) is 0 Å². The number of carbonyl (C=O) groups is 1. The number of amides is 1. The third-order valence-corrected chi connectivity index (χ3v) is 2.57. The summed E-state index contributed by atoms with van der Waals surface area (Å²) in [4.78, 5) is 25.5. The van der Waals surface area contributed by atoms with E-state index in [2.05, 4.69) is 14.8 Å². The number of halogens is 1. The van der Waals surface area contributed by atoms with E-state index >= 15 is 0 Å². The number of nitriles is 1. The smallest absolute Gasteiger partial charge is 0.369 e. The van der Waals surface area contributed by atoms with Crippen molar-refractivity contribution in [3.05, 3.63) is 23.8 Å². The largest absolute Gasteiger partial charge is 0.698 e. The molecule has 1 aromatic carbocycles. The van der Waals surface area contributed by atoms with Crippen LogP contribution in [-0.2, 0) is 13.9 Å². The summed E-state index contributed by atoms with van der Waals surface area (Å²) >= 11 is 0. The topological polar surface area (TPSA) is 115 Å². The number of hydrogen-bond acceptors (Lipinski definition) is 5. The minimum Gasteiger partial charge on any atom is -0.369 e. The van der Waals surface area contributed by atoms with Crippen molar-refractivity contribution >= 4 is 31.9 Å². The van der Waals surface area contributed by atoms with Gasteiger partial charge in [-0.1, -0.05) is 4.52 Å². The number of anilines is 1. The van der Waals surface area contributed by atoms with Crippen LogP contribution < -0.4 is 5.32 Å². The highest BCUT2D eigenvalue weighted by Gasteiger charge is 2.29. The maximum absolute atomic E-state index is 13.1. The number of aliphatic imine (C=N–C) groups is 1. The number of rotatable bonds is 6. The van der Waals surface area contributed by atoms with E-state index in [-0.39, 0.29) is 11.3 Å². The molecule has 0 aliphatic heterocycles. The van der Waals surface area contributed by atoms with Crippen molar-refractivity contribution in [2.24, 2.45) is 4.99 Å². The van der Waals surface area contributed by atoms with Crippen LogP contribution in [0.3, 0.4) is 0 Å². The highest BCUT2D eigenvalue weighted by molar-refractivity contribution is 7.32. The summed E-state index contributed by atoms with van der Waals surface area (Å²) in [6.07, 6.45) is -1.09. The van der Waals surface area contributed by atoms with Crippen LogP contribution in [-0.4, -0.2) is 42.5 Å². The Morgan fingerprint density at radius 1 is 1.64 bits per heavy atom. The molecule has 1 rings (SSSR count). The molecule has 0 saturated carbocycles. The zero-order valence-electron chi connectivity index (χ0n) is 11.7. The average molecular weight is 327 g/mol. The number of alkyl halides is 1. The van der Waals surface area contributed by atoms with Gasteiger partial charge in [0.2, 0.25) is 0 Å². The second kappa shape index (κ2) is 8.14. The van der Waals surface area contributed by atoms with Crippen LogP contribution in [0.5, 0.6) is 0 Å². The lowest BCUT2D eigenvalue weighted by molar-refractivity contribution is -0.130. The van der Waals surface area contributed by atoms with E-state index in [0.29, 0.717) is 5.69 Å². The van der Waals surface area contributed by atoms with E-state index in [4.69, 9.17) is 10.2 Å². The van der Waals surface area contributed by atoms with Gasteiger partial charge in [0.05, 0.1) is 17.6 Å². The highest BCUT2D eigenvalue weighted by atomic mass is 31.1. The predicted octanol–water partition coefficient (Wildman–Crippen LogP) is 1.68. The van der Waals surface area contributed by atoms with E-state index in [0.717, 1.165) is 0 Å². The summed E-state index contributed by atoms with van der Waals surface area (Å²) in [5, 5.41) is 11.2. The Bertz CT molecular complexity index is 645. The van der Waals surface area contributed by atoms with Gasteiger partial charge in [-0.3, -0.25) is 4.79 Å². The summed E-state index contributed by atoms with van der Waals surface area (Å²) in [6.45, 7) is 0. The molecule has 2 unspecified atom stereocenters. The van der Waals surface area contributed by atoms with Gasteiger partial charge in [0, 0.05) is 24.3 Å². The third-order valence-electron chi connectivity index (χ3n) is 2.20. The Morgan fingerprint density at radius 3 is 2.86 bits per heavy atom. The fraction of sp³-hybridized carbons (Fsp3) is 0.250. The molecule has 0 bridgehead atoms. The fourth-order valence-corrected chi connectivity index (χ4v) is 1.57. The molecule has 8 nitrogen and oxygen atoms in total. The summed E-state index contributed by atoms with van der Waals surface area (Å²) in [5.41, 5.74) is 0.672. The van der Waals surface area contributed by atoms with Crippen molar-refractivity contribution in [3.63, 3.8) is 0 Å². The zero-order chi connectivity index (χ0) is 16.7. The summed E-state index contributed by atoms with van der Waals surface area (Å²) in [7, 11) is 0.288. The molecule has 2 atom stereocenters. The van der Waals surface area contributed by atoms with Crippen molar-refractivity contribution in [3.8, 4) is 6.07 Å². The Hall–Kier alpha value is -2.40. The van der Waals surface area contributed by atoms with E-state index in [1.165, 1.54) is 24.5 Å². The standard InChI is InChI=1S/C12H12FN4O4P/c1-17(2)7-15-10-4-3-9(5-8(10)6-14)16-12(18)11(13)21-22(19)20/h3-5,7,11H,1-2H3,(H-,16,18,19,20)/p+1. The lowest BCUT2D eigenvalue weighted by atomic mass is 10.1. The number of carbonyl (C=O) groups excluding carboxylic acids is 1. The molecule has 10 heteroatoms. The first-order chi connectivity index (χ1) is 10.3. The molecule has 0 saturated heterocycles. The van der Waals surface area contributed by atoms with Crippen LogP contribution in [0.2, 0.25) is 0 Å². The van der Waals surface area contributed by atoms with Crippen LogP contribution in [0.4, 0.5) is 15.8 Å². The predicted molar refractivity (Wildman–Crippen MR) is 77.4 cm³/mol. The second-order valence-corrected chi connectivity index (χ2v) is 4.89. The number of benzene rings is 1. The zero-order valence-corrected chi connectivity index (χ0v) is 12.6. The van der Waals surface area contributed by atoms with Gasteiger partial charge in [-0.15, -0.1) is 4.89 Å². The van der Waals surface area contributed by atoms with Gasteiger partial charge in [0.1, 0.15) is 6.07 Å². The molecule has 0 spiro atoms. The Morgan fingerprint density at radius 2 is 2.32 bits per heavy atom. The first kappa shape index (κ1) is 17.7. The molecule has 0 fully saturated rings. The maximum Gasteiger partial charge on any atom is 0.698 e. The fourth-order valence-electron chi connectivity index (χ4n) is 1.32. The van der Waals surface area contributed by atoms with Gasteiger partial charge in [-0.25, -0.2) is 4.99 Å². The first-order valence-electron chi connectivity index (χ1n) is 5.86. The molecule has 1 amide bonds. The van der Waals surface area contributed by atoms with E-state index in [9.17, 15) is 13.8 Å². The third kappa shape index (κ3) is 5.54. The van der Waals surface area contributed by atoms with Crippen LogP contribution in [0.1, 0.15) is 5.56 Å². The first-order valence-corrected chi connectivity index (χ1v) is 6.99. The molecule has 0 aliphatic carbocycles. The van der Waals surface area contributed by atoms with Gasteiger partial charge in [-0.05, 0) is 18.2 Å².